The molecule has 0 saturated heterocycles. The molecule has 3 aromatic rings. The molecule has 0 aliphatic heterocycles. The summed E-state index contributed by atoms with van der Waals surface area (Å²) in [5, 5.41) is 4.28. The molecule has 0 aliphatic carbocycles. The summed E-state index contributed by atoms with van der Waals surface area (Å²) in [6.45, 7) is 1.78. The number of hydrogen-bond acceptors (Lipinski definition) is 4. The van der Waals surface area contributed by atoms with Gasteiger partial charge in [0.25, 0.3) is 0 Å². The van der Waals surface area contributed by atoms with Gasteiger partial charge in [-0.15, -0.1) is 5.10 Å². The van der Waals surface area contributed by atoms with Gasteiger partial charge in [0, 0.05) is 5.56 Å². The Balaban J connectivity index is 2.34. The van der Waals surface area contributed by atoms with Gasteiger partial charge in [-0.1, -0.05) is 0 Å². The highest BCUT2D eigenvalue weighted by Crippen LogP contribution is 2.27. The molecule has 0 fully saturated rings. The van der Waals surface area contributed by atoms with Crippen molar-refractivity contribution in [2.75, 3.05) is 5.73 Å². The van der Waals surface area contributed by atoms with Crippen LogP contribution >= 0.6 is 15.9 Å². The molecular formula is C12H9BrFN5. The van der Waals surface area contributed by atoms with E-state index in [1.54, 1.807) is 23.6 Å². The van der Waals surface area contributed by atoms with Crippen LogP contribution in [0.1, 0.15) is 5.82 Å². The third kappa shape index (κ3) is 1.95. The van der Waals surface area contributed by atoms with Gasteiger partial charge in [-0.25, -0.2) is 14.4 Å². The molecular weight excluding hydrogens is 313 g/mol. The van der Waals surface area contributed by atoms with E-state index in [1.165, 1.54) is 12.1 Å². The molecule has 0 bridgehead atoms. The number of fused-ring (bicyclic) bond motifs is 1. The summed E-state index contributed by atoms with van der Waals surface area (Å²) in [6.07, 6.45) is 0. The van der Waals surface area contributed by atoms with Crippen LogP contribution < -0.4 is 5.73 Å². The highest BCUT2D eigenvalue weighted by atomic mass is 79.9. The highest BCUT2D eigenvalue weighted by Gasteiger charge is 2.15. The number of anilines is 1. The van der Waals surface area contributed by atoms with E-state index >= 15 is 0 Å². The minimum atomic E-state index is -0.306. The van der Waals surface area contributed by atoms with Crippen molar-refractivity contribution >= 4 is 27.4 Å². The lowest BCUT2D eigenvalue weighted by Gasteiger charge is -2.06. The fraction of sp³-hybridized carbons (Fsp3) is 0.0833. The average molecular weight is 322 g/mol. The van der Waals surface area contributed by atoms with Crippen LogP contribution in [0.15, 0.2) is 28.7 Å². The van der Waals surface area contributed by atoms with Crippen molar-refractivity contribution in [1.29, 1.82) is 0 Å². The maximum atomic E-state index is 13.0. The fourth-order valence-electron chi connectivity index (χ4n) is 1.82. The summed E-state index contributed by atoms with van der Waals surface area (Å²) in [4.78, 5) is 8.57. The molecule has 0 unspecified atom stereocenters. The molecule has 96 valence electrons. The smallest absolute Gasteiger partial charge is 0.175 e. The fourth-order valence-corrected chi connectivity index (χ4v) is 2.16. The molecule has 2 aromatic heterocycles. The molecule has 0 spiro atoms. The van der Waals surface area contributed by atoms with E-state index in [1.807, 2.05) is 0 Å². The van der Waals surface area contributed by atoms with E-state index in [-0.39, 0.29) is 5.82 Å². The third-order valence-corrected chi connectivity index (χ3v) is 3.42. The second kappa shape index (κ2) is 4.27. The molecule has 19 heavy (non-hydrogen) atoms. The molecule has 2 heterocycles. The van der Waals surface area contributed by atoms with E-state index in [0.29, 0.717) is 27.6 Å². The van der Waals surface area contributed by atoms with Crippen LogP contribution in [0.4, 0.5) is 10.2 Å². The first kappa shape index (κ1) is 12.0. The Bertz CT molecular complexity index is 766. The van der Waals surface area contributed by atoms with Gasteiger partial charge in [-0.05, 0) is 47.1 Å². The van der Waals surface area contributed by atoms with Crippen molar-refractivity contribution in [3.8, 4) is 11.4 Å². The highest BCUT2D eigenvalue weighted by molar-refractivity contribution is 9.10. The zero-order valence-electron chi connectivity index (χ0n) is 9.93. The second-order valence-electron chi connectivity index (χ2n) is 4.04. The van der Waals surface area contributed by atoms with Crippen molar-refractivity contribution in [2.45, 2.75) is 6.92 Å². The summed E-state index contributed by atoms with van der Waals surface area (Å²) in [6, 6.07) is 5.98. The quantitative estimate of drug-likeness (QED) is 0.748. The number of rotatable bonds is 1. The van der Waals surface area contributed by atoms with Gasteiger partial charge < -0.3 is 5.73 Å². The molecule has 0 radical (unpaired) electrons. The van der Waals surface area contributed by atoms with Gasteiger partial charge >= 0.3 is 0 Å². The van der Waals surface area contributed by atoms with Crippen LogP contribution in [0.2, 0.25) is 0 Å². The van der Waals surface area contributed by atoms with E-state index in [0.717, 1.165) is 5.56 Å². The van der Waals surface area contributed by atoms with Gasteiger partial charge in [0.1, 0.15) is 21.9 Å². The Morgan fingerprint density at radius 2 is 1.89 bits per heavy atom. The van der Waals surface area contributed by atoms with Crippen LogP contribution in [0.5, 0.6) is 0 Å². The second-order valence-corrected chi connectivity index (χ2v) is 4.83. The lowest BCUT2D eigenvalue weighted by molar-refractivity contribution is 0.628. The van der Waals surface area contributed by atoms with Crippen molar-refractivity contribution in [2.24, 2.45) is 0 Å². The number of hydrogen-bond donors (Lipinski definition) is 1. The van der Waals surface area contributed by atoms with Gasteiger partial charge in [0.05, 0.1) is 0 Å². The van der Waals surface area contributed by atoms with Crippen LogP contribution in [0.25, 0.3) is 17.0 Å². The molecule has 5 nitrogen and oxygen atoms in total. The predicted octanol–water partition coefficient (Wildman–Crippen LogP) is 2.58. The summed E-state index contributed by atoms with van der Waals surface area (Å²) in [7, 11) is 0. The van der Waals surface area contributed by atoms with E-state index < -0.39 is 0 Å². The predicted molar refractivity (Wildman–Crippen MR) is 73.0 cm³/mol. The average Bonchev–Trinajstić information content (AvgIpc) is 2.77. The number of aromatic nitrogens is 4. The van der Waals surface area contributed by atoms with Crippen molar-refractivity contribution in [3.63, 3.8) is 0 Å². The lowest BCUT2D eigenvalue weighted by Crippen LogP contribution is -2.03. The molecule has 0 saturated carbocycles. The zero-order chi connectivity index (χ0) is 13.6. The van der Waals surface area contributed by atoms with Gasteiger partial charge in [-0.2, -0.15) is 4.52 Å². The maximum absolute atomic E-state index is 13.0. The zero-order valence-corrected chi connectivity index (χ0v) is 11.5. The Kier molecular flexibility index (Phi) is 2.70. The Hall–Kier alpha value is -2.02. The number of aryl methyl sites for hydroxylation is 1. The topological polar surface area (TPSA) is 69.1 Å². The molecule has 0 amide bonds. The van der Waals surface area contributed by atoms with Crippen LogP contribution in [-0.2, 0) is 0 Å². The first-order valence-corrected chi connectivity index (χ1v) is 6.30. The Morgan fingerprint density at radius 1 is 1.21 bits per heavy atom. The van der Waals surface area contributed by atoms with Gasteiger partial charge in [-0.3, -0.25) is 0 Å². The monoisotopic (exact) mass is 321 g/mol. The third-order valence-electron chi connectivity index (χ3n) is 2.66. The lowest BCUT2D eigenvalue weighted by atomic mass is 10.2. The van der Waals surface area contributed by atoms with Crippen LogP contribution in [-0.4, -0.2) is 19.6 Å². The largest absolute Gasteiger partial charge is 0.383 e. The number of nitrogens with two attached hydrogens (primary N) is 1. The first-order valence-electron chi connectivity index (χ1n) is 5.50. The van der Waals surface area contributed by atoms with Crippen LogP contribution in [0.3, 0.4) is 0 Å². The summed E-state index contributed by atoms with van der Waals surface area (Å²) < 4.78 is 15.2. The maximum Gasteiger partial charge on any atom is 0.175 e. The molecule has 2 N–H and O–H groups in total. The van der Waals surface area contributed by atoms with Crippen LogP contribution in [0, 0.1) is 12.7 Å². The Morgan fingerprint density at radius 3 is 2.58 bits per heavy atom. The molecule has 1 aromatic carbocycles. The van der Waals surface area contributed by atoms with Crippen molar-refractivity contribution in [3.05, 3.63) is 40.4 Å². The molecule has 0 aliphatic rings. The minimum absolute atomic E-state index is 0.306. The van der Waals surface area contributed by atoms with Gasteiger partial charge in [0.15, 0.2) is 11.5 Å². The standard InChI is InChI=1S/C12H9BrFN5/c1-6-16-12-9(13)10(15)17-11(19(12)18-6)7-2-4-8(14)5-3-7/h2-5H,15H2,1H3. The van der Waals surface area contributed by atoms with E-state index in [2.05, 4.69) is 31.0 Å². The van der Waals surface area contributed by atoms with E-state index in [4.69, 9.17) is 5.73 Å². The number of nitrogen functional groups attached to an aromatic ring is 1. The van der Waals surface area contributed by atoms with Crippen molar-refractivity contribution in [1.82, 2.24) is 19.6 Å². The summed E-state index contributed by atoms with van der Waals surface area (Å²) in [5.41, 5.74) is 7.16. The first-order chi connectivity index (χ1) is 9.06. The van der Waals surface area contributed by atoms with E-state index in [9.17, 15) is 4.39 Å². The van der Waals surface area contributed by atoms with Gasteiger partial charge in [0.2, 0.25) is 0 Å². The normalized spacial score (nSPS) is 11.1. The number of nitrogens with zero attached hydrogens (tertiary/aromatic N) is 4. The molecule has 7 heteroatoms. The van der Waals surface area contributed by atoms with Crippen molar-refractivity contribution < 1.29 is 4.39 Å². The molecule has 0 atom stereocenters. The molecule has 3 rings (SSSR count). The number of benzene rings is 1. The SMILES string of the molecule is Cc1nc2c(Br)c(N)nc(-c3ccc(F)cc3)n2n1. The Labute approximate surface area is 116 Å². The summed E-state index contributed by atoms with van der Waals surface area (Å²) >= 11 is 3.34. The number of halogens is 2. The summed E-state index contributed by atoms with van der Waals surface area (Å²) in [5.74, 6) is 1.15. The minimum Gasteiger partial charge on any atom is -0.383 e.